The van der Waals surface area contributed by atoms with Gasteiger partial charge in [0.2, 0.25) is 0 Å². The van der Waals surface area contributed by atoms with Gasteiger partial charge in [-0.05, 0) is 69.4 Å². The van der Waals surface area contributed by atoms with E-state index in [2.05, 4.69) is 25.7 Å². The molecule has 2 aromatic carbocycles. The molecule has 1 aliphatic rings. The predicted octanol–water partition coefficient (Wildman–Crippen LogP) is 5.21. The van der Waals surface area contributed by atoms with Gasteiger partial charge in [-0.3, -0.25) is 4.79 Å². The lowest BCUT2D eigenvalue weighted by atomic mass is 9.72. The fourth-order valence-corrected chi connectivity index (χ4v) is 4.30. The van der Waals surface area contributed by atoms with E-state index in [1.54, 1.807) is 6.07 Å². The van der Waals surface area contributed by atoms with Crippen LogP contribution in [0.15, 0.2) is 36.4 Å². The van der Waals surface area contributed by atoms with Crippen molar-refractivity contribution < 1.29 is 23.8 Å². The van der Waals surface area contributed by atoms with E-state index in [-0.39, 0.29) is 23.9 Å². The first-order valence-corrected chi connectivity index (χ1v) is 11.2. The summed E-state index contributed by atoms with van der Waals surface area (Å²) in [6.45, 7) is 12.0. The molecule has 0 aromatic heterocycles. The highest BCUT2D eigenvalue weighted by Crippen LogP contribution is 2.46. The van der Waals surface area contributed by atoms with Crippen molar-refractivity contribution in [1.82, 2.24) is 0 Å². The van der Waals surface area contributed by atoms with E-state index in [9.17, 15) is 9.59 Å². The van der Waals surface area contributed by atoms with Gasteiger partial charge in [-0.25, -0.2) is 4.79 Å². The van der Waals surface area contributed by atoms with Crippen LogP contribution in [0.25, 0.3) is 0 Å². The Bertz CT molecular complexity index is 1110. The highest BCUT2D eigenvalue weighted by Gasteiger charge is 2.41. The van der Waals surface area contributed by atoms with Crippen molar-refractivity contribution in [2.24, 2.45) is 0 Å². The smallest absolute Gasteiger partial charge is 0.342 e. The van der Waals surface area contributed by atoms with E-state index in [4.69, 9.17) is 14.2 Å². The zero-order valence-corrected chi connectivity index (χ0v) is 20.5. The van der Waals surface area contributed by atoms with E-state index >= 15 is 0 Å². The van der Waals surface area contributed by atoms with Crippen molar-refractivity contribution in [3.63, 3.8) is 0 Å². The van der Waals surface area contributed by atoms with Gasteiger partial charge in [0.1, 0.15) is 16.9 Å². The summed E-state index contributed by atoms with van der Waals surface area (Å²) in [6.07, 6.45) is 0.794. The molecule has 33 heavy (non-hydrogen) atoms. The lowest BCUT2D eigenvalue weighted by Crippen LogP contribution is -2.42. The lowest BCUT2D eigenvalue weighted by molar-refractivity contribution is -0.139. The number of carbonyl (C=O) groups is 2. The first-order chi connectivity index (χ1) is 15.4. The lowest BCUT2D eigenvalue weighted by Gasteiger charge is -2.43. The van der Waals surface area contributed by atoms with E-state index in [1.807, 2.05) is 58.0 Å². The molecule has 0 radical (unpaired) electrons. The average Bonchev–Trinajstić information content (AvgIpc) is 2.71. The number of esters is 2. The Balaban J connectivity index is 2.01. The van der Waals surface area contributed by atoms with E-state index in [0.29, 0.717) is 11.3 Å². The predicted molar refractivity (Wildman–Crippen MR) is 127 cm³/mol. The topological polar surface area (TPSA) is 61.8 Å². The molecule has 0 spiro atoms. The molecule has 0 unspecified atom stereocenters. The number of rotatable bonds is 4. The maximum Gasteiger partial charge on any atom is 0.342 e. The molecular formula is C28H32O5. The Morgan fingerprint density at radius 1 is 1.03 bits per heavy atom. The molecule has 0 atom stereocenters. The zero-order chi connectivity index (χ0) is 24.4. The van der Waals surface area contributed by atoms with Crippen molar-refractivity contribution in [3.05, 3.63) is 64.2 Å². The Hall–Kier alpha value is -3.26. The molecule has 5 heteroatoms. The van der Waals surface area contributed by atoms with Gasteiger partial charge in [-0.2, -0.15) is 0 Å². The van der Waals surface area contributed by atoms with Crippen LogP contribution in [-0.4, -0.2) is 30.8 Å². The minimum absolute atomic E-state index is 0.197. The molecule has 2 aromatic rings. The minimum atomic E-state index is -0.412. The summed E-state index contributed by atoms with van der Waals surface area (Å²) in [7, 11) is 1.37. The molecule has 0 saturated heterocycles. The summed E-state index contributed by atoms with van der Waals surface area (Å²) in [5, 5.41) is 0. The number of ether oxygens (including phenoxy) is 3. The number of hydrogen-bond donors (Lipinski definition) is 0. The van der Waals surface area contributed by atoms with Gasteiger partial charge in [0.05, 0.1) is 19.6 Å². The third-order valence-electron chi connectivity index (χ3n) is 5.51. The molecule has 174 valence electrons. The summed E-state index contributed by atoms with van der Waals surface area (Å²) >= 11 is 0. The van der Waals surface area contributed by atoms with Gasteiger partial charge < -0.3 is 14.2 Å². The van der Waals surface area contributed by atoms with E-state index in [1.165, 1.54) is 7.11 Å². The standard InChI is InChI=1S/C28H32O5/c1-18(2)32-26(30)22-14-21(15-23-25(22)33-28(5,6)17-27(23,3)4)13-10-19-8-11-20(12-9-19)16-24(29)31-7/h8-9,11-12,14-15,18H,16-17H2,1-7H3. The molecule has 1 aliphatic heterocycles. The Kier molecular flexibility index (Phi) is 6.88. The molecule has 3 rings (SSSR count). The number of methoxy groups -OCH3 is 1. The van der Waals surface area contributed by atoms with Crippen LogP contribution in [0.5, 0.6) is 5.75 Å². The van der Waals surface area contributed by atoms with Crippen molar-refractivity contribution in [3.8, 4) is 17.6 Å². The van der Waals surface area contributed by atoms with Crippen LogP contribution in [0.3, 0.4) is 0 Å². The Morgan fingerprint density at radius 2 is 1.67 bits per heavy atom. The third-order valence-corrected chi connectivity index (χ3v) is 5.51. The van der Waals surface area contributed by atoms with Gasteiger partial charge in [-0.1, -0.05) is 37.8 Å². The quantitative estimate of drug-likeness (QED) is 0.475. The molecule has 0 bridgehead atoms. The van der Waals surface area contributed by atoms with Gasteiger partial charge in [-0.15, -0.1) is 0 Å². The molecule has 0 amide bonds. The molecule has 0 aliphatic carbocycles. The van der Waals surface area contributed by atoms with Gasteiger partial charge in [0.25, 0.3) is 0 Å². The SMILES string of the molecule is COC(=O)Cc1ccc(C#Cc2cc(C(=O)OC(C)C)c3c(c2)C(C)(C)CC(C)(C)O3)cc1. The summed E-state index contributed by atoms with van der Waals surface area (Å²) in [5.74, 6) is 6.23. The highest BCUT2D eigenvalue weighted by molar-refractivity contribution is 5.94. The number of carbonyl (C=O) groups excluding carboxylic acids is 2. The molecule has 5 nitrogen and oxygen atoms in total. The second-order valence-corrected chi connectivity index (χ2v) is 9.98. The molecule has 0 saturated carbocycles. The number of hydrogen-bond acceptors (Lipinski definition) is 5. The monoisotopic (exact) mass is 448 g/mol. The van der Waals surface area contributed by atoms with E-state index < -0.39 is 11.6 Å². The first-order valence-electron chi connectivity index (χ1n) is 11.2. The van der Waals surface area contributed by atoms with Crippen LogP contribution >= 0.6 is 0 Å². The maximum absolute atomic E-state index is 12.9. The van der Waals surface area contributed by atoms with Gasteiger partial charge in [0.15, 0.2) is 0 Å². The second-order valence-electron chi connectivity index (χ2n) is 9.98. The van der Waals surface area contributed by atoms with Gasteiger partial charge in [0, 0.05) is 16.7 Å². The van der Waals surface area contributed by atoms with Gasteiger partial charge >= 0.3 is 11.9 Å². The average molecular weight is 449 g/mol. The normalized spacial score (nSPS) is 15.5. The second kappa shape index (κ2) is 9.31. The molecular weight excluding hydrogens is 416 g/mol. The first kappa shape index (κ1) is 24.4. The largest absolute Gasteiger partial charge is 0.487 e. The van der Waals surface area contributed by atoms with Crippen LogP contribution < -0.4 is 4.74 Å². The fourth-order valence-electron chi connectivity index (χ4n) is 4.30. The highest BCUT2D eigenvalue weighted by atomic mass is 16.5. The van der Waals surface area contributed by atoms with Crippen LogP contribution in [0.1, 0.15) is 80.6 Å². The van der Waals surface area contributed by atoms with Crippen LogP contribution in [0.2, 0.25) is 0 Å². The van der Waals surface area contributed by atoms with Crippen molar-refractivity contribution in [2.75, 3.05) is 7.11 Å². The van der Waals surface area contributed by atoms with Crippen molar-refractivity contribution >= 4 is 11.9 Å². The summed E-state index contributed by atoms with van der Waals surface area (Å²) in [4.78, 5) is 24.4. The van der Waals surface area contributed by atoms with Crippen LogP contribution in [0, 0.1) is 11.8 Å². The van der Waals surface area contributed by atoms with Crippen molar-refractivity contribution in [2.45, 2.75) is 71.5 Å². The molecule has 1 heterocycles. The Morgan fingerprint density at radius 3 is 2.27 bits per heavy atom. The minimum Gasteiger partial charge on any atom is -0.487 e. The van der Waals surface area contributed by atoms with Crippen LogP contribution in [0.4, 0.5) is 0 Å². The number of benzene rings is 2. The zero-order valence-electron chi connectivity index (χ0n) is 20.5. The third kappa shape index (κ3) is 5.96. The molecule has 0 N–H and O–H groups in total. The van der Waals surface area contributed by atoms with Crippen LogP contribution in [-0.2, 0) is 26.1 Å². The fraction of sp³-hybridized carbons (Fsp3) is 0.429. The van der Waals surface area contributed by atoms with E-state index in [0.717, 1.165) is 28.7 Å². The summed E-state index contributed by atoms with van der Waals surface area (Å²) in [6, 6.07) is 11.2. The molecule has 0 fully saturated rings. The summed E-state index contributed by atoms with van der Waals surface area (Å²) < 4.78 is 16.5. The maximum atomic E-state index is 12.9. The number of fused-ring (bicyclic) bond motifs is 1. The van der Waals surface area contributed by atoms with Crippen molar-refractivity contribution in [1.29, 1.82) is 0 Å². The Labute approximate surface area is 196 Å². The summed E-state index contributed by atoms with van der Waals surface area (Å²) in [5.41, 5.74) is 3.15.